The molecule has 0 radical (unpaired) electrons. The molecule has 0 aliphatic rings. The fourth-order valence-electron chi connectivity index (χ4n) is 3.58. The number of halogens is 1. The third kappa shape index (κ3) is 5.44. The molecule has 35 heavy (non-hydrogen) atoms. The minimum absolute atomic E-state index is 0.224. The fourth-order valence-corrected chi connectivity index (χ4v) is 3.79. The summed E-state index contributed by atoms with van der Waals surface area (Å²) in [5, 5.41) is 17.3. The number of aromatic nitrogens is 5. The number of tetrazole rings is 1. The molecule has 9 heteroatoms. The summed E-state index contributed by atoms with van der Waals surface area (Å²) in [6, 6.07) is 25.1. The van der Waals surface area contributed by atoms with Gasteiger partial charge in [-0.2, -0.15) is 0 Å². The predicted molar refractivity (Wildman–Crippen MR) is 134 cm³/mol. The molecule has 2 aromatic heterocycles. The summed E-state index contributed by atoms with van der Waals surface area (Å²) in [6.45, 7) is 0.623. The van der Waals surface area contributed by atoms with E-state index < -0.39 is 0 Å². The quantitative estimate of drug-likeness (QED) is 0.222. The lowest BCUT2D eigenvalue weighted by Gasteiger charge is -2.10. The van der Waals surface area contributed by atoms with Crippen LogP contribution in [0, 0.1) is 0 Å². The van der Waals surface area contributed by atoms with Gasteiger partial charge < -0.3 is 9.57 Å². The van der Waals surface area contributed by atoms with Crippen LogP contribution in [-0.4, -0.2) is 31.4 Å². The van der Waals surface area contributed by atoms with Gasteiger partial charge in [-0.1, -0.05) is 65.3 Å². The second-order valence-corrected chi connectivity index (χ2v) is 8.24. The molecular weight excluding hydrogens is 464 g/mol. The summed E-state index contributed by atoms with van der Waals surface area (Å²) in [5.74, 6) is 1.37. The van der Waals surface area contributed by atoms with Crippen LogP contribution in [0.15, 0.2) is 84.0 Å². The summed E-state index contributed by atoms with van der Waals surface area (Å²) < 4.78 is 7.66. The summed E-state index contributed by atoms with van der Waals surface area (Å²) >= 11 is 6.08. The smallest absolute Gasteiger partial charge is 0.181 e. The van der Waals surface area contributed by atoms with Crippen LogP contribution in [0.2, 0.25) is 5.02 Å². The molecule has 0 saturated carbocycles. The van der Waals surface area contributed by atoms with Crippen LogP contribution >= 0.6 is 11.6 Å². The standard InChI is InChI=1S/C26H21ClN6O2/c1-33-26(30-31-32-33)21-8-2-5-18(13-21)15-28-35-17-23-12-11-20-7-4-10-24(25(20)29-23)34-16-19-6-3-9-22(27)14-19/h2-15H,16-17H2,1H3/b28-15-. The lowest BCUT2D eigenvalue weighted by Crippen LogP contribution is -1.98. The maximum atomic E-state index is 6.08. The highest BCUT2D eigenvalue weighted by Gasteiger charge is 2.07. The molecule has 0 N–H and O–H groups in total. The largest absolute Gasteiger partial charge is 0.487 e. The zero-order chi connectivity index (χ0) is 24.0. The highest BCUT2D eigenvalue weighted by Crippen LogP contribution is 2.25. The lowest BCUT2D eigenvalue weighted by atomic mass is 10.1. The van der Waals surface area contributed by atoms with Crippen LogP contribution in [-0.2, 0) is 25.1 Å². The van der Waals surface area contributed by atoms with Gasteiger partial charge in [0.2, 0.25) is 0 Å². The molecule has 0 amide bonds. The molecule has 0 unspecified atom stereocenters. The van der Waals surface area contributed by atoms with E-state index in [9.17, 15) is 0 Å². The lowest BCUT2D eigenvalue weighted by molar-refractivity contribution is 0.129. The summed E-state index contributed by atoms with van der Waals surface area (Å²) in [4.78, 5) is 10.2. The van der Waals surface area contributed by atoms with E-state index in [1.807, 2.05) is 78.9 Å². The third-order valence-electron chi connectivity index (χ3n) is 5.28. The molecule has 0 bridgehead atoms. The average molecular weight is 485 g/mol. The van der Waals surface area contributed by atoms with Gasteiger partial charge in [0.25, 0.3) is 0 Å². The topological polar surface area (TPSA) is 87.3 Å². The van der Waals surface area contributed by atoms with Crippen molar-refractivity contribution in [3.05, 3.63) is 101 Å². The molecule has 0 spiro atoms. The Kier molecular flexibility index (Phi) is 6.63. The number of aryl methyl sites for hydroxylation is 1. The minimum Gasteiger partial charge on any atom is -0.487 e. The van der Waals surface area contributed by atoms with Crippen molar-refractivity contribution in [3.8, 4) is 17.1 Å². The number of benzene rings is 3. The predicted octanol–water partition coefficient (Wildman–Crippen LogP) is 5.21. The Morgan fingerprint density at radius 2 is 1.86 bits per heavy atom. The Labute approximate surface area is 206 Å². The SMILES string of the molecule is Cn1nnnc1-c1cccc(/C=N\OCc2ccc3cccc(OCc4cccc(Cl)c4)c3n2)c1. The Morgan fingerprint density at radius 3 is 2.71 bits per heavy atom. The van der Waals surface area contributed by atoms with Gasteiger partial charge in [0.1, 0.15) is 17.9 Å². The Bertz CT molecular complexity index is 1500. The van der Waals surface area contributed by atoms with Crippen LogP contribution in [0.4, 0.5) is 0 Å². The number of ether oxygens (including phenoxy) is 1. The molecule has 5 aromatic rings. The number of pyridine rings is 1. The highest BCUT2D eigenvalue weighted by atomic mass is 35.5. The third-order valence-corrected chi connectivity index (χ3v) is 5.51. The van der Waals surface area contributed by atoms with E-state index in [1.165, 1.54) is 0 Å². The van der Waals surface area contributed by atoms with Crippen molar-refractivity contribution in [2.75, 3.05) is 0 Å². The number of hydrogen-bond donors (Lipinski definition) is 0. The van der Waals surface area contributed by atoms with Gasteiger partial charge in [-0.3, -0.25) is 0 Å². The maximum absolute atomic E-state index is 6.08. The normalized spacial score (nSPS) is 11.3. The van der Waals surface area contributed by atoms with Crippen molar-refractivity contribution in [1.29, 1.82) is 0 Å². The minimum atomic E-state index is 0.224. The fraction of sp³-hybridized carbons (Fsp3) is 0.115. The Morgan fingerprint density at radius 1 is 0.971 bits per heavy atom. The second kappa shape index (κ2) is 10.3. The van der Waals surface area contributed by atoms with Gasteiger partial charge >= 0.3 is 0 Å². The number of oxime groups is 1. The van der Waals surface area contributed by atoms with E-state index in [1.54, 1.807) is 17.9 Å². The number of rotatable bonds is 8. The zero-order valence-corrected chi connectivity index (χ0v) is 19.6. The first kappa shape index (κ1) is 22.5. The number of hydrogen-bond acceptors (Lipinski definition) is 7. The average Bonchev–Trinajstić information content (AvgIpc) is 3.31. The first-order chi connectivity index (χ1) is 17.2. The van der Waals surface area contributed by atoms with Gasteiger partial charge in [-0.05, 0) is 51.9 Å². The van der Waals surface area contributed by atoms with Crippen molar-refractivity contribution in [2.24, 2.45) is 12.2 Å². The Balaban J connectivity index is 1.26. The van der Waals surface area contributed by atoms with E-state index in [0.29, 0.717) is 23.2 Å². The molecule has 0 saturated heterocycles. The van der Waals surface area contributed by atoms with E-state index >= 15 is 0 Å². The van der Waals surface area contributed by atoms with Gasteiger partial charge in [-0.15, -0.1) is 5.10 Å². The van der Waals surface area contributed by atoms with Crippen LogP contribution < -0.4 is 4.74 Å². The molecule has 5 rings (SSSR count). The van der Waals surface area contributed by atoms with E-state index in [4.69, 9.17) is 26.2 Å². The number of fused-ring (bicyclic) bond motifs is 1. The van der Waals surface area contributed by atoms with Crippen molar-refractivity contribution in [1.82, 2.24) is 25.2 Å². The molecular formula is C26H21ClN6O2. The molecule has 0 fully saturated rings. The molecule has 8 nitrogen and oxygen atoms in total. The van der Waals surface area contributed by atoms with Crippen molar-refractivity contribution in [2.45, 2.75) is 13.2 Å². The molecule has 174 valence electrons. The molecule has 0 aliphatic carbocycles. The number of nitrogens with zero attached hydrogens (tertiary/aromatic N) is 6. The van der Waals surface area contributed by atoms with Gasteiger partial charge in [0.15, 0.2) is 12.4 Å². The molecule has 0 atom stereocenters. The second-order valence-electron chi connectivity index (χ2n) is 7.81. The van der Waals surface area contributed by atoms with Crippen LogP contribution in [0.1, 0.15) is 16.8 Å². The van der Waals surface area contributed by atoms with E-state index in [0.717, 1.165) is 33.3 Å². The first-order valence-corrected chi connectivity index (χ1v) is 11.3. The zero-order valence-electron chi connectivity index (χ0n) is 18.9. The van der Waals surface area contributed by atoms with Gasteiger partial charge in [0.05, 0.1) is 11.9 Å². The first-order valence-electron chi connectivity index (χ1n) is 10.9. The van der Waals surface area contributed by atoms with Crippen molar-refractivity contribution < 1.29 is 9.57 Å². The maximum Gasteiger partial charge on any atom is 0.181 e. The van der Waals surface area contributed by atoms with E-state index in [2.05, 4.69) is 20.7 Å². The monoisotopic (exact) mass is 484 g/mol. The van der Waals surface area contributed by atoms with Crippen LogP contribution in [0.25, 0.3) is 22.3 Å². The molecule has 2 heterocycles. The van der Waals surface area contributed by atoms with Crippen molar-refractivity contribution in [3.63, 3.8) is 0 Å². The van der Waals surface area contributed by atoms with Crippen molar-refractivity contribution >= 4 is 28.7 Å². The summed E-state index contributed by atoms with van der Waals surface area (Å²) in [5.41, 5.74) is 4.26. The van der Waals surface area contributed by atoms with E-state index in [-0.39, 0.29) is 6.61 Å². The molecule has 3 aromatic carbocycles. The summed E-state index contributed by atoms with van der Waals surface area (Å²) in [7, 11) is 1.80. The van der Waals surface area contributed by atoms with Gasteiger partial charge in [0, 0.05) is 23.0 Å². The van der Waals surface area contributed by atoms with Crippen LogP contribution in [0.5, 0.6) is 5.75 Å². The highest BCUT2D eigenvalue weighted by molar-refractivity contribution is 6.30. The molecule has 0 aliphatic heterocycles. The number of para-hydroxylation sites is 1. The Hall–Kier alpha value is -4.30. The van der Waals surface area contributed by atoms with Gasteiger partial charge in [-0.25, -0.2) is 9.67 Å². The summed E-state index contributed by atoms with van der Waals surface area (Å²) in [6.07, 6.45) is 1.65. The van der Waals surface area contributed by atoms with Crippen LogP contribution in [0.3, 0.4) is 0 Å².